The fourth-order valence-electron chi connectivity index (χ4n) is 1.95. The van der Waals surface area contributed by atoms with E-state index in [0.29, 0.717) is 5.95 Å². The molecule has 98 valence electrons. The fourth-order valence-corrected chi connectivity index (χ4v) is 2.72. The number of pyridine rings is 1. The van der Waals surface area contributed by atoms with Gasteiger partial charge in [-0.1, -0.05) is 13.0 Å². The molecule has 0 amide bonds. The number of nitrogens with zero attached hydrogens (tertiary/aromatic N) is 4. The van der Waals surface area contributed by atoms with Crippen molar-refractivity contribution in [2.24, 2.45) is 0 Å². The number of aryl methyl sites for hydroxylation is 1. The number of fused-ring (bicyclic) bond motifs is 1. The summed E-state index contributed by atoms with van der Waals surface area (Å²) in [6.45, 7) is 4.16. The number of anilines is 1. The van der Waals surface area contributed by atoms with Crippen molar-refractivity contribution < 1.29 is 0 Å². The van der Waals surface area contributed by atoms with Crippen LogP contribution in [0.15, 0.2) is 29.9 Å². The second-order valence-electron chi connectivity index (χ2n) is 4.42. The molecule has 3 aromatic heterocycles. The summed E-state index contributed by atoms with van der Waals surface area (Å²) in [6.07, 6.45) is 4.74. The van der Waals surface area contributed by atoms with E-state index in [-0.39, 0.29) is 6.04 Å². The summed E-state index contributed by atoms with van der Waals surface area (Å²) < 4.78 is 1.80. The Balaban J connectivity index is 1.88. The highest BCUT2D eigenvalue weighted by molar-refractivity contribution is 7.09. The Hall–Kier alpha value is -1.95. The van der Waals surface area contributed by atoms with Crippen LogP contribution < -0.4 is 5.32 Å². The van der Waals surface area contributed by atoms with Crippen molar-refractivity contribution in [3.05, 3.63) is 40.5 Å². The Morgan fingerprint density at radius 3 is 3.05 bits per heavy atom. The maximum atomic E-state index is 4.47. The number of hydrogen-bond acceptors (Lipinski definition) is 5. The first-order valence-electron chi connectivity index (χ1n) is 6.25. The third-order valence-electron chi connectivity index (χ3n) is 2.94. The predicted octanol–water partition coefficient (Wildman–Crippen LogP) is 3.06. The van der Waals surface area contributed by atoms with Crippen molar-refractivity contribution in [2.45, 2.75) is 26.3 Å². The van der Waals surface area contributed by atoms with Crippen molar-refractivity contribution in [1.82, 2.24) is 19.6 Å². The van der Waals surface area contributed by atoms with Crippen LogP contribution in [0.1, 0.15) is 30.0 Å². The highest BCUT2D eigenvalue weighted by atomic mass is 32.1. The molecular weight excluding hydrogens is 258 g/mol. The molecule has 0 bridgehead atoms. The predicted molar refractivity (Wildman–Crippen MR) is 76.5 cm³/mol. The third-order valence-corrected chi connectivity index (χ3v) is 3.83. The van der Waals surface area contributed by atoms with Gasteiger partial charge in [-0.05, 0) is 25.0 Å². The van der Waals surface area contributed by atoms with Gasteiger partial charge in [0.2, 0.25) is 5.95 Å². The van der Waals surface area contributed by atoms with Gasteiger partial charge in [-0.2, -0.15) is 4.98 Å². The van der Waals surface area contributed by atoms with E-state index in [1.54, 1.807) is 15.9 Å². The Morgan fingerprint density at radius 1 is 1.42 bits per heavy atom. The van der Waals surface area contributed by atoms with Gasteiger partial charge in [-0.3, -0.25) is 0 Å². The van der Waals surface area contributed by atoms with Crippen LogP contribution in [0.3, 0.4) is 0 Å². The van der Waals surface area contributed by atoms with Crippen molar-refractivity contribution in [3.8, 4) is 0 Å². The van der Waals surface area contributed by atoms with Crippen LogP contribution in [-0.4, -0.2) is 19.6 Å². The minimum atomic E-state index is 0.165. The van der Waals surface area contributed by atoms with Crippen LogP contribution in [0.25, 0.3) is 5.65 Å². The molecule has 1 N–H and O–H groups in total. The SMILES string of the molecule is CCC(Nc1nc2ccc(C)cn2n1)c1nccs1. The van der Waals surface area contributed by atoms with E-state index in [1.165, 1.54) is 0 Å². The highest BCUT2D eigenvalue weighted by Crippen LogP contribution is 2.22. The van der Waals surface area contributed by atoms with E-state index < -0.39 is 0 Å². The zero-order valence-corrected chi connectivity index (χ0v) is 11.7. The van der Waals surface area contributed by atoms with Gasteiger partial charge in [0.15, 0.2) is 5.65 Å². The Labute approximate surface area is 115 Å². The van der Waals surface area contributed by atoms with Gasteiger partial charge >= 0.3 is 0 Å². The number of thiazole rings is 1. The van der Waals surface area contributed by atoms with E-state index in [1.807, 2.05) is 36.8 Å². The Kier molecular flexibility index (Phi) is 3.16. The number of nitrogens with one attached hydrogen (secondary N) is 1. The smallest absolute Gasteiger partial charge is 0.243 e. The average Bonchev–Trinajstić information content (AvgIpc) is 3.04. The molecule has 0 aromatic carbocycles. The normalized spacial score (nSPS) is 12.7. The molecule has 1 atom stereocenters. The standard InChI is InChI=1S/C13H15N5S/c1-3-10(12-14-6-7-19-12)15-13-16-11-5-4-9(2)8-18(11)17-13/h4-8,10H,3H2,1-2H3,(H,15,17). The molecule has 6 heteroatoms. The lowest BCUT2D eigenvalue weighted by molar-refractivity contribution is 0.730. The summed E-state index contributed by atoms with van der Waals surface area (Å²) in [4.78, 5) is 8.81. The van der Waals surface area contributed by atoms with Crippen molar-refractivity contribution >= 4 is 22.9 Å². The molecule has 0 aliphatic heterocycles. The van der Waals surface area contributed by atoms with Crippen LogP contribution in [0, 0.1) is 6.92 Å². The Morgan fingerprint density at radius 2 is 2.32 bits per heavy atom. The lowest BCUT2D eigenvalue weighted by Gasteiger charge is -2.11. The van der Waals surface area contributed by atoms with Gasteiger partial charge < -0.3 is 5.32 Å². The van der Waals surface area contributed by atoms with Crippen LogP contribution in [0.2, 0.25) is 0 Å². The zero-order valence-electron chi connectivity index (χ0n) is 10.9. The Bertz CT molecular complexity index is 673. The summed E-state index contributed by atoms with van der Waals surface area (Å²) in [5.74, 6) is 0.646. The van der Waals surface area contributed by atoms with E-state index in [4.69, 9.17) is 0 Å². The molecule has 0 aliphatic rings. The maximum Gasteiger partial charge on any atom is 0.243 e. The molecular formula is C13H15N5S. The second kappa shape index (κ2) is 4.97. The third kappa shape index (κ3) is 2.44. The summed E-state index contributed by atoms with van der Waals surface area (Å²) in [5.41, 5.74) is 2.01. The average molecular weight is 273 g/mol. The lowest BCUT2D eigenvalue weighted by Crippen LogP contribution is -2.10. The first-order chi connectivity index (χ1) is 9.26. The molecule has 0 spiro atoms. The molecule has 0 fully saturated rings. The minimum absolute atomic E-state index is 0.165. The van der Waals surface area contributed by atoms with Gasteiger partial charge in [0.1, 0.15) is 5.01 Å². The molecule has 1 unspecified atom stereocenters. The first kappa shape index (κ1) is 12.1. The van der Waals surface area contributed by atoms with Gasteiger partial charge in [-0.25, -0.2) is 9.50 Å². The number of hydrogen-bond donors (Lipinski definition) is 1. The van der Waals surface area contributed by atoms with Gasteiger partial charge in [0.05, 0.1) is 6.04 Å². The molecule has 0 radical (unpaired) electrons. The van der Waals surface area contributed by atoms with E-state index >= 15 is 0 Å². The number of aromatic nitrogens is 4. The monoisotopic (exact) mass is 273 g/mol. The van der Waals surface area contributed by atoms with Crippen molar-refractivity contribution in [1.29, 1.82) is 0 Å². The summed E-state index contributed by atoms with van der Waals surface area (Å²) in [7, 11) is 0. The van der Waals surface area contributed by atoms with Crippen LogP contribution in [0.4, 0.5) is 5.95 Å². The molecule has 0 saturated carbocycles. The largest absolute Gasteiger partial charge is 0.344 e. The van der Waals surface area contributed by atoms with Crippen molar-refractivity contribution in [2.75, 3.05) is 5.32 Å². The zero-order chi connectivity index (χ0) is 13.2. The molecule has 3 heterocycles. The van der Waals surface area contributed by atoms with Gasteiger partial charge in [0, 0.05) is 17.8 Å². The molecule has 19 heavy (non-hydrogen) atoms. The summed E-state index contributed by atoms with van der Waals surface area (Å²) in [6, 6.07) is 4.17. The van der Waals surface area contributed by atoms with Crippen LogP contribution in [-0.2, 0) is 0 Å². The van der Waals surface area contributed by atoms with Crippen LogP contribution >= 0.6 is 11.3 Å². The topological polar surface area (TPSA) is 55.1 Å². The number of rotatable bonds is 4. The molecule has 5 nitrogen and oxygen atoms in total. The van der Waals surface area contributed by atoms with Crippen molar-refractivity contribution in [3.63, 3.8) is 0 Å². The molecule has 3 aromatic rings. The minimum Gasteiger partial charge on any atom is -0.344 e. The fraction of sp³-hybridized carbons (Fsp3) is 0.308. The second-order valence-corrected chi connectivity index (χ2v) is 5.35. The molecule has 0 saturated heterocycles. The van der Waals surface area contributed by atoms with Crippen LogP contribution in [0.5, 0.6) is 0 Å². The van der Waals surface area contributed by atoms with E-state index in [0.717, 1.165) is 22.6 Å². The van der Waals surface area contributed by atoms with Gasteiger partial charge in [0.25, 0.3) is 0 Å². The van der Waals surface area contributed by atoms with Gasteiger partial charge in [-0.15, -0.1) is 16.4 Å². The summed E-state index contributed by atoms with van der Waals surface area (Å²) in [5, 5.41) is 10.8. The van der Waals surface area contributed by atoms with E-state index in [2.05, 4.69) is 27.3 Å². The quantitative estimate of drug-likeness (QED) is 0.793. The highest BCUT2D eigenvalue weighted by Gasteiger charge is 2.14. The van der Waals surface area contributed by atoms with E-state index in [9.17, 15) is 0 Å². The summed E-state index contributed by atoms with van der Waals surface area (Å²) >= 11 is 1.65. The molecule has 0 aliphatic carbocycles. The maximum absolute atomic E-state index is 4.47. The molecule has 3 rings (SSSR count). The lowest BCUT2D eigenvalue weighted by atomic mass is 10.2. The first-order valence-corrected chi connectivity index (χ1v) is 7.13.